The number of amides is 1. The number of halogens is 1. The van der Waals surface area contributed by atoms with Crippen LogP contribution >= 0.6 is 23.4 Å². The summed E-state index contributed by atoms with van der Waals surface area (Å²) in [6.07, 6.45) is 1.83. The number of carbonyl (C=O) groups is 1. The van der Waals surface area contributed by atoms with Crippen LogP contribution in [-0.2, 0) is 11.4 Å². The Morgan fingerprint density at radius 1 is 1.00 bits per heavy atom. The Labute approximate surface area is 178 Å². The zero-order valence-electron chi connectivity index (χ0n) is 15.3. The van der Waals surface area contributed by atoms with Crippen LogP contribution in [0.2, 0.25) is 5.02 Å². The lowest BCUT2D eigenvalue weighted by Crippen LogP contribution is -2.19. The highest BCUT2D eigenvalue weighted by Crippen LogP contribution is 2.29. The van der Waals surface area contributed by atoms with Crippen LogP contribution in [0.25, 0.3) is 6.08 Å². The summed E-state index contributed by atoms with van der Waals surface area (Å²) in [5.74, 6) is 0.575. The van der Waals surface area contributed by atoms with Gasteiger partial charge in [-0.15, -0.1) is 0 Å². The van der Waals surface area contributed by atoms with E-state index in [0.29, 0.717) is 27.4 Å². The van der Waals surface area contributed by atoms with Crippen molar-refractivity contribution in [2.24, 2.45) is 4.99 Å². The fraction of sp³-hybridized carbons (Fsp3) is 0.0435. The molecule has 0 aliphatic carbocycles. The van der Waals surface area contributed by atoms with Crippen LogP contribution in [0.5, 0.6) is 5.75 Å². The van der Waals surface area contributed by atoms with E-state index in [1.54, 1.807) is 12.1 Å². The molecule has 4 rings (SSSR count). The third kappa shape index (κ3) is 5.28. The first-order chi connectivity index (χ1) is 14.2. The van der Waals surface area contributed by atoms with Crippen LogP contribution < -0.4 is 10.1 Å². The van der Waals surface area contributed by atoms with Gasteiger partial charge in [-0.1, -0.05) is 60.1 Å². The predicted molar refractivity (Wildman–Crippen MR) is 119 cm³/mol. The van der Waals surface area contributed by atoms with E-state index in [9.17, 15) is 4.79 Å². The van der Waals surface area contributed by atoms with Gasteiger partial charge >= 0.3 is 0 Å². The van der Waals surface area contributed by atoms with Gasteiger partial charge in [-0.3, -0.25) is 4.79 Å². The third-order valence-electron chi connectivity index (χ3n) is 4.09. The van der Waals surface area contributed by atoms with Gasteiger partial charge in [0, 0.05) is 5.02 Å². The Balaban J connectivity index is 1.47. The summed E-state index contributed by atoms with van der Waals surface area (Å²) in [6, 6.07) is 24.8. The van der Waals surface area contributed by atoms with Gasteiger partial charge in [-0.25, -0.2) is 4.99 Å². The molecule has 3 aromatic carbocycles. The summed E-state index contributed by atoms with van der Waals surface area (Å²) >= 11 is 7.28. The lowest BCUT2D eigenvalue weighted by molar-refractivity contribution is -0.115. The van der Waals surface area contributed by atoms with E-state index < -0.39 is 0 Å². The van der Waals surface area contributed by atoms with Crippen LogP contribution in [0.1, 0.15) is 11.1 Å². The molecule has 1 saturated heterocycles. The summed E-state index contributed by atoms with van der Waals surface area (Å²) in [5.41, 5.74) is 2.68. The first-order valence-corrected chi connectivity index (χ1v) is 10.2. The van der Waals surface area contributed by atoms with E-state index in [-0.39, 0.29) is 5.91 Å². The van der Waals surface area contributed by atoms with E-state index in [1.807, 2.05) is 72.8 Å². The number of rotatable bonds is 5. The van der Waals surface area contributed by atoms with E-state index in [2.05, 4.69) is 10.3 Å². The summed E-state index contributed by atoms with van der Waals surface area (Å²) in [6.45, 7) is 0.493. The smallest absolute Gasteiger partial charge is 0.264 e. The highest BCUT2D eigenvalue weighted by molar-refractivity contribution is 8.18. The summed E-state index contributed by atoms with van der Waals surface area (Å²) < 4.78 is 5.86. The fourth-order valence-corrected chi connectivity index (χ4v) is 3.76. The standard InChI is InChI=1S/C23H17ClN2O2S/c24-18-9-5-10-19(14-18)25-23-26-22(27)21(29-23)13-17-8-4-11-20(12-17)28-15-16-6-2-1-3-7-16/h1-14H,15H2,(H,25,26,27)/b21-13+. The van der Waals surface area contributed by atoms with Crippen molar-refractivity contribution < 1.29 is 9.53 Å². The molecule has 1 aliphatic heterocycles. The zero-order valence-corrected chi connectivity index (χ0v) is 16.9. The maximum atomic E-state index is 12.3. The van der Waals surface area contributed by atoms with Crippen LogP contribution in [-0.4, -0.2) is 11.1 Å². The molecule has 144 valence electrons. The SMILES string of the molecule is O=C1NC(=Nc2cccc(Cl)c2)S/C1=C/c1cccc(OCc2ccccc2)c1. The lowest BCUT2D eigenvalue weighted by atomic mass is 10.2. The first-order valence-electron chi connectivity index (χ1n) is 8.98. The zero-order chi connectivity index (χ0) is 20.1. The molecule has 0 saturated carbocycles. The van der Waals surface area contributed by atoms with Crippen molar-refractivity contribution in [2.75, 3.05) is 0 Å². The van der Waals surface area contributed by atoms with Gasteiger partial charge in [0.15, 0.2) is 5.17 Å². The van der Waals surface area contributed by atoms with Gasteiger partial charge in [0.2, 0.25) is 0 Å². The normalized spacial score (nSPS) is 16.2. The van der Waals surface area contributed by atoms with Crippen molar-refractivity contribution in [3.05, 3.63) is 99.9 Å². The Morgan fingerprint density at radius 2 is 1.83 bits per heavy atom. The number of amidine groups is 1. The summed E-state index contributed by atoms with van der Waals surface area (Å²) in [5, 5.41) is 3.91. The number of benzene rings is 3. The molecule has 0 unspecified atom stereocenters. The van der Waals surface area contributed by atoms with Crippen molar-refractivity contribution in [3.8, 4) is 5.75 Å². The number of carbonyl (C=O) groups excluding carboxylic acids is 1. The molecule has 1 heterocycles. The third-order valence-corrected chi connectivity index (χ3v) is 5.24. The van der Waals surface area contributed by atoms with Gasteiger partial charge in [0.05, 0.1) is 10.6 Å². The quantitative estimate of drug-likeness (QED) is 0.530. The van der Waals surface area contributed by atoms with Gasteiger partial charge in [0.25, 0.3) is 5.91 Å². The monoisotopic (exact) mass is 420 g/mol. The molecule has 6 heteroatoms. The molecule has 1 aliphatic rings. The van der Waals surface area contributed by atoms with E-state index >= 15 is 0 Å². The van der Waals surface area contributed by atoms with E-state index in [0.717, 1.165) is 16.9 Å². The van der Waals surface area contributed by atoms with Gasteiger partial charge in [-0.2, -0.15) is 0 Å². The average Bonchev–Trinajstić information content (AvgIpc) is 3.06. The molecular formula is C23H17ClN2O2S. The lowest BCUT2D eigenvalue weighted by Gasteiger charge is -2.07. The summed E-state index contributed by atoms with van der Waals surface area (Å²) in [7, 11) is 0. The summed E-state index contributed by atoms with van der Waals surface area (Å²) in [4.78, 5) is 17.3. The molecule has 29 heavy (non-hydrogen) atoms. The maximum absolute atomic E-state index is 12.3. The molecule has 1 fully saturated rings. The minimum atomic E-state index is -0.175. The van der Waals surface area contributed by atoms with Gasteiger partial charge in [0.1, 0.15) is 12.4 Å². The number of hydrogen-bond donors (Lipinski definition) is 1. The minimum Gasteiger partial charge on any atom is -0.489 e. The fourth-order valence-electron chi connectivity index (χ4n) is 2.73. The number of nitrogens with zero attached hydrogens (tertiary/aromatic N) is 1. The second kappa shape index (κ2) is 8.99. The second-order valence-electron chi connectivity index (χ2n) is 6.31. The molecule has 0 aromatic heterocycles. The molecule has 4 nitrogen and oxygen atoms in total. The van der Waals surface area contributed by atoms with Crippen molar-refractivity contribution in [1.29, 1.82) is 0 Å². The maximum Gasteiger partial charge on any atom is 0.264 e. The molecule has 0 radical (unpaired) electrons. The van der Waals surface area contributed by atoms with Crippen LogP contribution in [0.15, 0.2) is 88.8 Å². The van der Waals surface area contributed by atoms with Crippen molar-refractivity contribution in [1.82, 2.24) is 5.32 Å². The highest BCUT2D eigenvalue weighted by atomic mass is 35.5. The van der Waals surface area contributed by atoms with Crippen LogP contribution in [0.3, 0.4) is 0 Å². The molecule has 0 spiro atoms. The largest absolute Gasteiger partial charge is 0.489 e. The van der Waals surface area contributed by atoms with Gasteiger partial charge < -0.3 is 10.1 Å². The van der Waals surface area contributed by atoms with Crippen molar-refractivity contribution >= 4 is 46.2 Å². The number of ether oxygens (including phenoxy) is 1. The number of aliphatic imine (C=N–C) groups is 1. The molecule has 1 N–H and O–H groups in total. The first kappa shape index (κ1) is 19.3. The Hall–Kier alpha value is -3.02. The predicted octanol–water partition coefficient (Wildman–Crippen LogP) is 5.81. The topological polar surface area (TPSA) is 50.7 Å². The molecular weight excluding hydrogens is 404 g/mol. The van der Waals surface area contributed by atoms with Crippen LogP contribution in [0.4, 0.5) is 5.69 Å². The molecule has 1 amide bonds. The van der Waals surface area contributed by atoms with Crippen LogP contribution in [0, 0.1) is 0 Å². The van der Waals surface area contributed by atoms with Crippen molar-refractivity contribution in [3.63, 3.8) is 0 Å². The van der Waals surface area contributed by atoms with Gasteiger partial charge in [-0.05, 0) is 59.3 Å². The number of thioether (sulfide) groups is 1. The minimum absolute atomic E-state index is 0.175. The molecule has 0 bridgehead atoms. The van der Waals surface area contributed by atoms with Crippen molar-refractivity contribution in [2.45, 2.75) is 6.61 Å². The number of hydrogen-bond acceptors (Lipinski definition) is 4. The Morgan fingerprint density at radius 3 is 2.66 bits per heavy atom. The highest BCUT2D eigenvalue weighted by Gasteiger charge is 2.23. The second-order valence-corrected chi connectivity index (χ2v) is 7.78. The number of nitrogens with one attached hydrogen (secondary N) is 1. The van der Waals surface area contributed by atoms with E-state index in [4.69, 9.17) is 16.3 Å². The molecule has 3 aromatic rings. The molecule has 0 atom stereocenters. The van der Waals surface area contributed by atoms with E-state index in [1.165, 1.54) is 11.8 Å². The Bertz CT molecular complexity index is 1100. The average molecular weight is 421 g/mol. The Kier molecular flexibility index (Phi) is 5.98.